The highest BCUT2D eigenvalue weighted by molar-refractivity contribution is 7.92. The normalized spacial score (nSPS) is 19.4. The molecule has 0 atom stereocenters. The molecule has 0 radical (unpaired) electrons. The van der Waals surface area contributed by atoms with E-state index in [-0.39, 0.29) is 16.5 Å². The summed E-state index contributed by atoms with van der Waals surface area (Å²) in [6, 6.07) is 0. The number of hydrogen-bond acceptors (Lipinski definition) is 5. The molecule has 0 unspecified atom stereocenters. The Labute approximate surface area is 128 Å². The molecular weight excluding hydrogens is 294 g/mol. The molecule has 0 aromatic carbocycles. The number of sulfone groups is 1. The van der Waals surface area contributed by atoms with E-state index < -0.39 is 9.84 Å². The van der Waals surface area contributed by atoms with Gasteiger partial charge in [-0.25, -0.2) is 8.42 Å². The summed E-state index contributed by atoms with van der Waals surface area (Å²) in [5.41, 5.74) is 5.51. The summed E-state index contributed by atoms with van der Waals surface area (Å²) in [4.78, 5) is 4.97. The standard InChI is InChI=1S/C13H27N3O2S2/c1-11(2)20(17,18)10-9-15-5-7-16(8-6-15)13(3,4)12(14)19/h11H,5-10H2,1-4H3,(H2,14,19). The Morgan fingerprint density at radius 1 is 1.25 bits per heavy atom. The van der Waals surface area contributed by atoms with Crippen molar-refractivity contribution in [1.29, 1.82) is 0 Å². The molecule has 0 aliphatic carbocycles. The van der Waals surface area contributed by atoms with E-state index in [1.54, 1.807) is 13.8 Å². The van der Waals surface area contributed by atoms with E-state index in [4.69, 9.17) is 18.0 Å². The van der Waals surface area contributed by atoms with E-state index in [9.17, 15) is 8.42 Å². The number of rotatable bonds is 6. The lowest BCUT2D eigenvalue weighted by Gasteiger charge is -2.43. The lowest BCUT2D eigenvalue weighted by atomic mass is 10.0. The maximum Gasteiger partial charge on any atom is 0.153 e. The van der Waals surface area contributed by atoms with Crippen molar-refractivity contribution in [3.8, 4) is 0 Å². The quantitative estimate of drug-likeness (QED) is 0.718. The topological polar surface area (TPSA) is 66.6 Å². The first-order chi connectivity index (χ1) is 9.07. The highest BCUT2D eigenvalue weighted by Gasteiger charge is 2.32. The van der Waals surface area contributed by atoms with Crippen LogP contribution in [0.2, 0.25) is 0 Å². The van der Waals surface area contributed by atoms with Gasteiger partial charge in [0.15, 0.2) is 9.84 Å². The minimum absolute atomic E-state index is 0.239. The summed E-state index contributed by atoms with van der Waals surface area (Å²) in [5.74, 6) is 0.239. The van der Waals surface area contributed by atoms with Gasteiger partial charge in [0, 0.05) is 32.7 Å². The summed E-state index contributed by atoms with van der Waals surface area (Å²) in [6.07, 6.45) is 0. The molecule has 20 heavy (non-hydrogen) atoms. The van der Waals surface area contributed by atoms with Gasteiger partial charge in [-0.1, -0.05) is 12.2 Å². The van der Waals surface area contributed by atoms with Crippen LogP contribution in [0.5, 0.6) is 0 Å². The monoisotopic (exact) mass is 321 g/mol. The third-order valence-electron chi connectivity index (χ3n) is 4.18. The van der Waals surface area contributed by atoms with Crippen LogP contribution in [-0.4, -0.2) is 72.5 Å². The van der Waals surface area contributed by atoms with E-state index in [1.807, 2.05) is 13.8 Å². The van der Waals surface area contributed by atoms with Crippen LogP contribution in [0.4, 0.5) is 0 Å². The molecule has 1 saturated heterocycles. The average molecular weight is 322 g/mol. The summed E-state index contributed by atoms with van der Waals surface area (Å²) in [7, 11) is -2.95. The molecule has 1 aliphatic heterocycles. The van der Waals surface area contributed by atoms with Crippen LogP contribution < -0.4 is 5.73 Å². The minimum Gasteiger partial charge on any atom is -0.392 e. The molecule has 5 nitrogen and oxygen atoms in total. The van der Waals surface area contributed by atoms with Crippen molar-refractivity contribution < 1.29 is 8.42 Å². The molecule has 1 rings (SSSR count). The molecule has 0 spiro atoms. The van der Waals surface area contributed by atoms with Crippen molar-refractivity contribution in [2.75, 3.05) is 38.5 Å². The van der Waals surface area contributed by atoms with E-state index in [0.717, 1.165) is 26.2 Å². The van der Waals surface area contributed by atoms with Gasteiger partial charge in [-0.3, -0.25) is 9.80 Å². The van der Waals surface area contributed by atoms with E-state index in [1.165, 1.54) is 0 Å². The van der Waals surface area contributed by atoms with E-state index in [0.29, 0.717) is 11.5 Å². The molecule has 1 fully saturated rings. The van der Waals surface area contributed by atoms with Crippen LogP contribution in [0.25, 0.3) is 0 Å². The number of hydrogen-bond donors (Lipinski definition) is 1. The fourth-order valence-electron chi connectivity index (χ4n) is 2.18. The van der Waals surface area contributed by atoms with Crippen LogP contribution >= 0.6 is 12.2 Å². The van der Waals surface area contributed by atoms with Gasteiger partial charge in [-0.15, -0.1) is 0 Å². The van der Waals surface area contributed by atoms with Crippen molar-refractivity contribution in [2.45, 2.75) is 38.5 Å². The minimum atomic E-state index is -2.95. The summed E-state index contributed by atoms with van der Waals surface area (Å²) in [6.45, 7) is 11.6. The van der Waals surface area contributed by atoms with Gasteiger partial charge in [0.25, 0.3) is 0 Å². The summed E-state index contributed by atoms with van der Waals surface area (Å²) >= 11 is 5.11. The van der Waals surface area contributed by atoms with Gasteiger partial charge in [-0.2, -0.15) is 0 Å². The Hall–Kier alpha value is -0.240. The van der Waals surface area contributed by atoms with Gasteiger partial charge in [0.1, 0.15) is 0 Å². The first kappa shape index (κ1) is 17.8. The highest BCUT2D eigenvalue weighted by Crippen LogP contribution is 2.17. The number of piperazine rings is 1. The molecule has 7 heteroatoms. The van der Waals surface area contributed by atoms with Crippen molar-refractivity contribution in [2.24, 2.45) is 5.73 Å². The van der Waals surface area contributed by atoms with Crippen molar-refractivity contribution >= 4 is 27.0 Å². The maximum atomic E-state index is 11.8. The third-order valence-corrected chi connectivity index (χ3v) is 6.86. The Balaban J connectivity index is 2.46. The zero-order valence-corrected chi connectivity index (χ0v) is 14.6. The van der Waals surface area contributed by atoms with E-state index in [2.05, 4.69) is 9.80 Å². The average Bonchev–Trinajstić information content (AvgIpc) is 2.36. The maximum absolute atomic E-state index is 11.8. The second kappa shape index (κ2) is 6.68. The first-order valence-electron chi connectivity index (χ1n) is 7.06. The van der Waals surface area contributed by atoms with Gasteiger partial charge >= 0.3 is 0 Å². The predicted molar refractivity (Wildman–Crippen MR) is 87.8 cm³/mol. The Bertz CT molecular complexity index is 439. The third kappa shape index (κ3) is 4.38. The van der Waals surface area contributed by atoms with E-state index >= 15 is 0 Å². The Kier molecular flexibility index (Phi) is 5.95. The lowest BCUT2D eigenvalue weighted by molar-refractivity contribution is 0.0895. The molecule has 0 amide bonds. The summed E-state index contributed by atoms with van der Waals surface area (Å²) < 4.78 is 23.6. The molecular formula is C13H27N3O2S2. The molecule has 118 valence electrons. The number of nitrogens with zero attached hydrogens (tertiary/aromatic N) is 2. The van der Waals surface area contributed by atoms with Crippen molar-refractivity contribution in [3.05, 3.63) is 0 Å². The zero-order chi connectivity index (χ0) is 15.6. The molecule has 0 aromatic heterocycles. The van der Waals surface area contributed by atoms with Crippen molar-refractivity contribution in [3.63, 3.8) is 0 Å². The smallest absolute Gasteiger partial charge is 0.153 e. The zero-order valence-electron chi connectivity index (χ0n) is 12.9. The molecule has 2 N–H and O–H groups in total. The number of thiocarbonyl (C=S) groups is 1. The number of nitrogens with two attached hydrogens (primary N) is 1. The van der Waals surface area contributed by atoms with Gasteiger partial charge in [0.2, 0.25) is 0 Å². The lowest BCUT2D eigenvalue weighted by Crippen LogP contribution is -2.59. The molecule has 1 heterocycles. The van der Waals surface area contributed by atoms with Crippen molar-refractivity contribution in [1.82, 2.24) is 9.80 Å². The fourth-order valence-corrected chi connectivity index (χ4v) is 3.29. The molecule has 1 aliphatic rings. The molecule has 0 saturated carbocycles. The predicted octanol–water partition coefficient (Wildman–Crippen LogP) is 0.492. The SMILES string of the molecule is CC(C)S(=O)(=O)CCN1CCN(C(C)(C)C(N)=S)CC1. The van der Waals surface area contributed by atoms with Crippen LogP contribution in [0.1, 0.15) is 27.7 Å². The molecule has 0 aromatic rings. The highest BCUT2D eigenvalue weighted by atomic mass is 32.2. The molecule has 0 bridgehead atoms. The second-order valence-corrected chi connectivity index (χ2v) is 9.28. The van der Waals surface area contributed by atoms with Crippen LogP contribution in [-0.2, 0) is 9.84 Å². The first-order valence-corrected chi connectivity index (χ1v) is 9.18. The van der Waals surface area contributed by atoms with Gasteiger partial charge in [0.05, 0.1) is 21.5 Å². The van der Waals surface area contributed by atoms with Gasteiger partial charge in [-0.05, 0) is 27.7 Å². The Morgan fingerprint density at radius 2 is 1.75 bits per heavy atom. The largest absolute Gasteiger partial charge is 0.392 e. The second-order valence-electron chi connectivity index (χ2n) is 6.17. The summed E-state index contributed by atoms with van der Waals surface area (Å²) in [5, 5.41) is -0.294. The van der Waals surface area contributed by atoms with Crippen LogP contribution in [0.15, 0.2) is 0 Å². The Morgan fingerprint density at radius 3 is 2.15 bits per heavy atom. The fraction of sp³-hybridized carbons (Fsp3) is 0.923. The van der Waals surface area contributed by atoms with Gasteiger partial charge < -0.3 is 5.73 Å². The van der Waals surface area contributed by atoms with Crippen LogP contribution in [0.3, 0.4) is 0 Å². The van der Waals surface area contributed by atoms with Crippen LogP contribution in [0, 0.1) is 0 Å².